The van der Waals surface area contributed by atoms with Crippen LogP contribution in [0.4, 0.5) is 5.69 Å². The molecule has 24 heavy (non-hydrogen) atoms. The van der Waals surface area contributed by atoms with Gasteiger partial charge < -0.3 is 9.80 Å². The summed E-state index contributed by atoms with van der Waals surface area (Å²) in [6.45, 7) is 3.03. The lowest BCUT2D eigenvalue weighted by molar-refractivity contribution is -0.126. The molecular formula is C19H18Cl2N2O. The topological polar surface area (TPSA) is 23.6 Å². The maximum atomic E-state index is 12.3. The Morgan fingerprint density at radius 2 is 1.58 bits per heavy atom. The maximum absolute atomic E-state index is 12.3. The SMILES string of the molecule is O=C(/C=C/c1ccccc1Cl)N1CCN(c2ccc(Cl)cc2)CC1. The van der Waals surface area contributed by atoms with Crippen LogP contribution in [0.2, 0.25) is 10.0 Å². The van der Waals surface area contributed by atoms with E-state index in [4.69, 9.17) is 23.2 Å². The van der Waals surface area contributed by atoms with Crippen molar-refractivity contribution in [3.05, 3.63) is 70.2 Å². The summed E-state index contributed by atoms with van der Waals surface area (Å²) in [6, 6.07) is 15.3. The number of halogens is 2. The summed E-state index contributed by atoms with van der Waals surface area (Å²) in [5.74, 6) is 0.0191. The fourth-order valence-electron chi connectivity index (χ4n) is 2.71. The molecule has 124 valence electrons. The molecule has 0 spiro atoms. The smallest absolute Gasteiger partial charge is 0.246 e. The van der Waals surface area contributed by atoms with Crippen LogP contribution < -0.4 is 4.90 Å². The first-order valence-corrected chi connectivity index (χ1v) is 8.61. The Balaban J connectivity index is 1.57. The van der Waals surface area contributed by atoms with Gasteiger partial charge in [-0.25, -0.2) is 0 Å². The van der Waals surface area contributed by atoms with Gasteiger partial charge in [-0.05, 0) is 42.0 Å². The van der Waals surface area contributed by atoms with Gasteiger partial charge in [0.25, 0.3) is 0 Å². The van der Waals surface area contributed by atoms with Gasteiger partial charge in [0, 0.05) is 48.0 Å². The summed E-state index contributed by atoms with van der Waals surface area (Å²) < 4.78 is 0. The molecule has 0 aromatic heterocycles. The van der Waals surface area contributed by atoms with Crippen LogP contribution in [-0.4, -0.2) is 37.0 Å². The molecule has 2 aromatic carbocycles. The van der Waals surface area contributed by atoms with Crippen molar-refractivity contribution in [3.8, 4) is 0 Å². The first-order valence-electron chi connectivity index (χ1n) is 7.85. The van der Waals surface area contributed by atoms with Crippen molar-refractivity contribution in [2.45, 2.75) is 0 Å². The van der Waals surface area contributed by atoms with Gasteiger partial charge in [0.05, 0.1) is 0 Å². The van der Waals surface area contributed by atoms with Crippen molar-refractivity contribution in [1.82, 2.24) is 4.90 Å². The Labute approximate surface area is 152 Å². The molecule has 0 radical (unpaired) electrons. The van der Waals surface area contributed by atoms with Crippen LogP contribution in [0.15, 0.2) is 54.6 Å². The summed E-state index contributed by atoms with van der Waals surface area (Å²) in [5, 5.41) is 1.38. The lowest BCUT2D eigenvalue weighted by atomic mass is 10.2. The minimum Gasteiger partial charge on any atom is -0.368 e. The number of nitrogens with zero attached hydrogens (tertiary/aromatic N) is 2. The molecule has 0 atom stereocenters. The number of amides is 1. The van der Waals surface area contributed by atoms with Crippen LogP contribution >= 0.6 is 23.2 Å². The predicted octanol–water partition coefficient (Wildman–Crippen LogP) is 4.36. The van der Waals surface area contributed by atoms with Gasteiger partial charge in [0.1, 0.15) is 0 Å². The molecule has 3 nitrogen and oxygen atoms in total. The van der Waals surface area contributed by atoms with Crippen molar-refractivity contribution < 1.29 is 4.79 Å². The Hall–Kier alpha value is -1.97. The number of hydrogen-bond acceptors (Lipinski definition) is 2. The van der Waals surface area contributed by atoms with E-state index in [1.165, 1.54) is 0 Å². The predicted molar refractivity (Wildman–Crippen MR) is 101 cm³/mol. The van der Waals surface area contributed by atoms with E-state index in [-0.39, 0.29) is 5.91 Å². The minimum atomic E-state index is 0.0191. The molecule has 1 aliphatic rings. The highest BCUT2D eigenvalue weighted by atomic mass is 35.5. The van der Waals surface area contributed by atoms with Crippen LogP contribution in [0, 0.1) is 0 Å². The molecule has 1 heterocycles. The van der Waals surface area contributed by atoms with Gasteiger partial charge in [0.2, 0.25) is 5.91 Å². The number of rotatable bonds is 3. The number of carbonyl (C=O) groups is 1. The molecule has 2 aromatic rings. The summed E-state index contributed by atoms with van der Waals surface area (Å²) in [6.07, 6.45) is 3.37. The van der Waals surface area contributed by atoms with Crippen LogP contribution in [0.25, 0.3) is 6.08 Å². The Kier molecular flexibility index (Phi) is 5.44. The van der Waals surface area contributed by atoms with E-state index in [9.17, 15) is 4.79 Å². The van der Waals surface area contributed by atoms with Crippen LogP contribution in [0.1, 0.15) is 5.56 Å². The molecule has 0 bridgehead atoms. The molecule has 1 aliphatic heterocycles. The fourth-order valence-corrected chi connectivity index (χ4v) is 3.04. The van der Waals surface area contributed by atoms with E-state index in [0.717, 1.165) is 29.4 Å². The molecule has 1 fully saturated rings. The van der Waals surface area contributed by atoms with Crippen molar-refractivity contribution >= 4 is 40.9 Å². The Morgan fingerprint density at radius 3 is 2.25 bits per heavy atom. The monoisotopic (exact) mass is 360 g/mol. The number of carbonyl (C=O) groups excluding carboxylic acids is 1. The third-order valence-electron chi connectivity index (χ3n) is 4.09. The second-order valence-electron chi connectivity index (χ2n) is 5.64. The van der Waals surface area contributed by atoms with E-state index >= 15 is 0 Å². The van der Waals surface area contributed by atoms with Gasteiger partial charge in [-0.2, -0.15) is 0 Å². The Morgan fingerprint density at radius 1 is 0.917 bits per heavy atom. The third kappa shape index (κ3) is 4.11. The van der Waals surface area contributed by atoms with Crippen molar-refractivity contribution in [3.63, 3.8) is 0 Å². The average molecular weight is 361 g/mol. The zero-order valence-electron chi connectivity index (χ0n) is 13.2. The van der Waals surface area contributed by atoms with Crippen molar-refractivity contribution in [2.75, 3.05) is 31.1 Å². The number of hydrogen-bond donors (Lipinski definition) is 0. The van der Waals surface area contributed by atoms with Crippen LogP contribution in [-0.2, 0) is 4.79 Å². The molecule has 1 amide bonds. The quantitative estimate of drug-likeness (QED) is 0.759. The standard InChI is InChI=1S/C19H18Cl2N2O/c20-16-6-8-17(9-7-16)22-11-13-23(14-12-22)19(24)10-5-15-3-1-2-4-18(15)21/h1-10H,11-14H2/b10-5+. The minimum absolute atomic E-state index is 0.0191. The van der Waals surface area contributed by atoms with Crippen LogP contribution in [0.5, 0.6) is 0 Å². The van der Waals surface area contributed by atoms with Gasteiger partial charge in [-0.3, -0.25) is 4.79 Å². The number of piperazine rings is 1. The van der Waals surface area contributed by atoms with E-state index in [1.54, 1.807) is 12.2 Å². The average Bonchev–Trinajstić information content (AvgIpc) is 2.62. The fraction of sp³-hybridized carbons (Fsp3) is 0.211. The van der Waals surface area contributed by atoms with E-state index in [1.807, 2.05) is 53.4 Å². The van der Waals surface area contributed by atoms with E-state index in [0.29, 0.717) is 18.1 Å². The zero-order valence-corrected chi connectivity index (χ0v) is 14.7. The second kappa shape index (κ2) is 7.73. The van der Waals surface area contributed by atoms with Crippen LogP contribution in [0.3, 0.4) is 0 Å². The van der Waals surface area contributed by atoms with E-state index < -0.39 is 0 Å². The second-order valence-corrected chi connectivity index (χ2v) is 6.49. The maximum Gasteiger partial charge on any atom is 0.246 e. The Bertz CT molecular complexity index is 735. The van der Waals surface area contributed by atoms with Crippen molar-refractivity contribution in [1.29, 1.82) is 0 Å². The lowest BCUT2D eigenvalue weighted by Crippen LogP contribution is -2.48. The molecule has 5 heteroatoms. The first kappa shape index (κ1) is 16.9. The normalized spacial score (nSPS) is 15.1. The molecular weight excluding hydrogens is 343 g/mol. The highest BCUT2D eigenvalue weighted by Gasteiger charge is 2.19. The van der Waals surface area contributed by atoms with Gasteiger partial charge >= 0.3 is 0 Å². The number of anilines is 1. The zero-order chi connectivity index (χ0) is 16.9. The lowest BCUT2D eigenvalue weighted by Gasteiger charge is -2.35. The first-order chi connectivity index (χ1) is 11.6. The largest absolute Gasteiger partial charge is 0.368 e. The van der Waals surface area contributed by atoms with Crippen molar-refractivity contribution in [2.24, 2.45) is 0 Å². The summed E-state index contributed by atoms with van der Waals surface area (Å²) in [5.41, 5.74) is 1.99. The highest BCUT2D eigenvalue weighted by molar-refractivity contribution is 6.32. The summed E-state index contributed by atoms with van der Waals surface area (Å²) in [4.78, 5) is 16.5. The highest BCUT2D eigenvalue weighted by Crippen LogP contribution is 2.20. The van der Waals surface area contributed by atoms with Gasteiger partial charge in [0.15, 0.2) is 0 Å². The molecule has 1 saturated heterocycles. The number of benzene rings is 2. The van der Waals surface area contributed by atoms with E-state index in [2.05, 4.69) is 4.90 Å². The third-order valence-corrected chi connectivity index (χ3v) is 4.69. The molecule has 0 N–H and O–H groups in total. The van der Waals surface area contributed by atoms with Gasteiger partial charge in [-0.15, -0.1) is 0 Å². The summed E-state index contributed by atoms with van der Waals surface area (Å²) >= 11 is 12.0. The summed E-state index contributed by atoms with van der Waals surface area (Å²) in [7, 11) is 0. The molecule has 0 aliphatic carbocycles. The molecule has 3 rings (SSSR count). The molecule has 0 saturated carbocycles. The molecule has 0 unspecified atom stereocenters. The van der Waals surface area contributed by atoms with Gasteiger partial charge in [-0.1, -0.05) is 41.4 Å².